The van der Waals surface area contributed by atoms with Crippen LogP contribution in [-0.2, 0) is 9.13 Å². The number of nitrogens with zero attached hydrogens (tertiary/aromatic N) is 5. The van der Waals surface area contributed by atoms with Crippen LogP contribution in [0.4, 0.5) is 17.8 Å². The molecule has 5 saturated carbocycles. The summed E-state index contributed by atoms with van der Waals surface area (Å²) in [5.41, 5.74) is 2.51. The zero-order valence-corrected chi connectivity index (χ0v) is 33.6. The first kappa shape index (κ1) is 37.1. The van der Waals surface area contributed by atoms with E-state index < -0.39 is 14.9 Å². The maximum atomic E-state index is 15.5. The molecule has 0 bridgehead atoms. The Morgan fingerprint density at radius 1 is 0.750 bits per heavy atom. The molecule has 5 aliphatic rings. The van der Waals surface area contributed by atoms with E-state index in [1.807, 2.05) is 0 Å². The van der Waals surface area contributed by atoms with Crippen LogP contribution in [0.2, 0.25) is 0 Å². The molecule has 0 saturated heterocycles. The van der Waals surface area contributed by atoms with Crippen LogP contribution in [0.15, 0.2) is 0 Å². The second kappa shape index (κ2) is 16.8. The van der Waals surface area contributed by atoms with E-state index in [-0.39, 0.29) is 18.9 Å². The minimum Gasteiger partial charge on any atom is -0.354 e. The quantitative estimate of drug-likeness (QED) is 0.169. The highest BCUT2D eigenvalue weighted by molar-refractivity contribution is 7.65. The first-order chi connectivity index (χ1) is 23.2. The van der Waals surface area contributed by atoms with Crippen LogP contribution in [0, 0.1) is 0 Å². The largest absolute Gasteiger partial charge is 0.354 e. The Kier molecular flexibility index (Phi) is 12.9. The fourth-order valence-corrected chi connectivity index (χ4v) is 21.7. The van der Waals surface area contributed by atoms with Gasteiger partial charge in [-0.15, -0.1) is 0 Å². The summed E-state index contributed by atoms with van der Waals surface area (Å²) in [6.45, 7) is 10.9. The number of anilines is 3. The number of hydrogen-bond acceptors (Lipinski definition) is 8. The molecule has 8 nitrogen and oxygen atoms in total. The monoisotopic (exact) mass is 720 g/mol. The predicted molar refractivity (Wildman–Crippen MR) is 208 cm³/mol. The van der Waals surface area contributed by atoms with E-state index >= 15 is 4.57 Å². The molecule has 0 radical (unpaired) electrons. The number of nitrogens with one attached hydrogen (secondary N) is 1. The second-order valence-electron chi connectivity index (χ2n) is 16.3. The molecule has 1 aromatic rings. The van der Waals surface area contributed by atoms with Gasteiger partial charge in [-0.05, 0) is 103 Å². The highest BCUT2D eigenvalue weighted by Crippen LogP contribution is 2.66. The van der Waals surface area contributed by atoms with Crippen molar-refractivity contribution in [3.63, 3.8) is 0 Å². The number of rotatable bonds is 16. The minimum atomic E-state index is -2.61. The molecule has 0 aliphatic heterocycles. The average Bonchev–Trinajstić information content (AvgIpc) is 3.92. The maximum Gasteiger partial charge on any atom is 0.232 e. The fourth-order valence-electron chi connectivity index (χ4n) is 10.5. The number of aromatic nitrogens is 3. The first-order valence-corrected chi connectivity index (χ1v) is 25.4. The van der Waals surface area contributed by atoms with Crippen LogP contribution in [-0.4, -0.2) is 74.2 Å². The van der Waals surface area contributed by atoms with Gasteiger partial charge in [0, 0.05) is 30.1 Å². The summed E-state index contributed by atoms with van der Waals surface area (Å²) < 4.78 is 29.7. The van der Waals surface area contributed by atoms with E-state index in [1.165, 1.54) is 89.9 Å². The molecular weight excluding hydrogens is 653 g/mol. The Hall–Kier alpha value is -0.700. The van der Waals surface area contributed by atoms with Gasteiger partial charge in [0.1, 0.15) is 7.14 Å². The molecule has 0 aromatic carbocycles. The Balaban J connectivity index is 1.39. The van der Waals surface area contributed by atoms with Gasteiger partial charge in [-0.3, -0.25) is 0 Å². The highest BCUT2D eigenvalue weighted by atomic mass is 31.2. The second-order valence-corrected chi connectivity index (χ2v) is 25.2. The van der Waals surface area contributed by atoms with Gasteiger partial charge in [0.05, 0.1) is 25.7 Å². The molecule has 1 aromatic heterocycles. The summed E-state index contributed by atoms with van der Waals surface area (Å²) in [7, 11) is -4.81. The molecule has 5 aliphatic carbocycles. The molecule has 5 fully saturated rings. The smallest absolute Gasteiger partial charge is 0.232 e. The molecule has 0 amide bonds. The summed E-state index contributed by atoms with van der Waals surface area (Å²) in [6.07, 6.45) is 25.4. The van der Waals surface area contributed by atoms with Crippen molar-refractivity contribution in [2.45, 2.75) is 190 Å². The van der Waals surface area contributed by atoms with Crippen LogP contribution in [0.3, 0.4) is 0 Å². The predicted octanol–water partition coefficient (Wildman–Crippen LogP) is 10.7. The van der Waals surface area contributed by atoms with Crippen molar-refractivity contribution in [3.8, 4) is 0 Å². The van der Waals surface area contributed by atoms with Gasteiger partial charge in [0.2, 0.25) is 17.8 Å². The summed E-state index contributed by atoms with van der Waals surface area (Å²) >= 11 is 0. The lowest BCUT2D eigenvalue weighted by molar-refractivity contribution is 0.547. The highest BCUT2D eigenvalue weighted by Gasteiger charge is 2.47. The van der Waals surface area contributed by atoms with Crippen LogP contribution < -0.4 is 15.1 Å². The van der Waals surface area contributed by atoms with Crippen LogP contribution >= 0.6 is 22.9 Å². The van der Waals surface area contributed by atoms with Crippen LogP contribution in [0.25, 0.3) is 0 Å². The average molecular weight is 721 g/mol. The number of hydrogen-bond donors (Lipinski definition) is 1. The van der Waals surface area contributed by atoms with E-state index in [4.69, 9.17) is 15.0 Å². The summed E-state index contributed by atoms with van der Waals surface area (Å²) in [5, 5.41) is 3.39. The van der Waals surface area contributed by atoms with Crippen molar-refractivity contribution in [3.05, 3.63) is 0 Å². The fraction of sp³-hybridized carbons (Fsp3) is 0.919. The first-order valence-electron chi connectivity index (χ1n) is 20.2. The van der Waals surface area contributed by atoms with Crippen molar-refractivity contribution >= 4 is 40.7 Å². The lowest BCUT2D eigenvalue weighted by atomic mass is 10.3. The lowest BCUT2D eigenvalue weighted by Crippen LogP contribution is -2.47. The molecule has 1 heterocycles. The van der Waals surface area contributed by atoms with E-state index in [1.54, 1.807) is 0 Å². The van der Waals surface area contributed by atoms with E-state index in [9.17, 15) is 4.57 Å². The van der Waals surface area contributed by atoms with E-state index in [0.29, 0.717) is 35.8 Å². The molecule has 6 rings (SSSR count). The molecule has 11 heteroatoms. The Morgan fingerprint density at radius 3 is 1.73 bits per heavy atom. The summed E-state index contributed by atoms with van der Waals surface area (Å²) in [5.74, 6) is 1.94. The Bertz CT molecular complexity index is 1220. The zero-order valence-electron chi connectivity index (χ0n) is 30.8. The van der Waals surface area contributed by atoms with Crippen molar-refractivity contribution in [2.24, 2.45) is 0 Å². The lowest BCUT2D eigenvalue weighted by Gasteiger charge is -2.49. The van der Waals surface area contributed by atoms with Gasteiger partial charge in [-0.2, -0.15) is 15.0 Å². The van der Waals surface area contributed by atoms with Crippen molar-refractivity contribution < 1.29 is 9.13 Å². The van der Waals surface area contributed by atoms with Crippen molar-refractivity contribution in [1.82, 2.24) is 15.0 Å². The van der Waals surface area contributed by atoms with Crippen LogP contribution in [0.5, 0.6) is 0 Å². The third-order valence-electron chi connectivity index (χ3n) is 13.0. The van der Waals surface area contributed by atoms with E-state index in [0.717, 1.165) is 68.9 Å². The molecule has 48 heavy (non-hydrogen) atoms. The van der Waals surface area contributed by atoms with E-state index in [2.05, 4.69) is 42.8 Å². The van der Waals surface area contributed by atoms with Gasteiger partial charge in [0.25, 0.3) is 0 Å². The molecule has 272 valence electrons. The Labute approximate surface area is 294 Å². The third kappa shape index (κ3) is 8.17. The molecule has 1 atom stereocenters. The standard InChI is InChI=1S/C37H67N6O2P3/c1-5-38-34-39-35(41-36(40-34)43(6-2)37(3,4)47(30-19-9-10-20-30)31-21-11-12-22-31)42(27-46(44)29-17-7-8-18-29)28-48(45,32-23-13-14-24-32)33-25-15-16-26-33/h29-33,46H,5-28H2,1-4H3,(H,38,39,40,41). The van der Waals surface area contributed by atoms with Gasteiger partial charge in [-0.1, -0.05) is 72.1 Å². The van der Waals surface area contributed by atoms with Gasteiger partial charge in [-0.25, -0.2) is 0 Å². The van der Waals surface area contributed by atoms with Crippen molar-refractivity contribution in [1.29, 1.82) is 0 Å². The minimum absolute atomic E-state index is 0.0542. The van der Waals surface area contributed by atoms with Gasteiger partial charge < -0.3 is 24.2 Å². The summed E-state index contributed by atoms with van der Waals surface area (Å²) in [4.78, 5) is 20.2. The SMILES string of the molecule is CCNc1nc(N(C[PH](=O)C2CCCC2)CP(=O)(C2CCCC2)C2CCCC2)nc(N(CC)C(C)(C)P(C2CCCC2)C2CCCC2)n1. The maximum absolute atomic E-state index is 15.5. The topological polar surface area (TPSA) is 91.3 Å². The summed E-state index contributed by atoms with van der Waals surface area (Å²) in [6, 6.07) is 0. The van der Waals surface area contributed by atoms with Gasteiger partial charge in [0.15, 0.2) is 0 Å². The van der Waals surface area contributed by atoms with Gasteiger partial charge >= 0.3 is 0 Å². The third-order valence-corrected chi connectivity index (χ3v) is 23.5. The zero-order chi connectivity index (χ0) is 33.7. The Morgan fingerprint density at radius 2 is 1.23 bits per heavy atom. The van der Waals surface area contributed by atoms with Crippen LogP contribution in [0.1, 0.15) is 156 Å². The molecule has 0 spiro atoms. The molecular formula is C37H67N6O2P3. The molecule has 1 unspecified atom stereocenters. The van der Waals surface area contributed by atoms with Crippen molar-refractivity contribution in [2.75, 3.05) is 40.8 Å². The molecule has 1 N–H and O–H groups in total. The normalized spacial score (nSPS) is 23.2.